The Kier molecular flexibility index (Phi) is 7.03. The highest BCUT2D eigenvalue weighted by atomic mass is 35.5. The predicted octanol–water partition coefficient (Wildman–Crippen LogP) is 3.32. The summed E-state index contributed by atoms with van der Waals surface area (Å²) < 4.78 is 5.48. The van der Waals surface area contributed by atoms with E-state index in [1.165, 1.54) is 0 Å². The van der Waals surface area contributed by atoms with Crippen LogP contribution < -0.4 is 15.6 Å². The number of hydrogen-bond donors (Lipinski definition) is 2. The summed E-state index contributed by atoms with van der Waals surface area (Å²) in [6.07, 6.45) is 0.649. The number of amides is 2. The molecule has 0 unspecified atom stereocenters. The monoisotopic (exact) mass is 381 g/mol. The van der Waals surface area contributed by atoms with Crippen molar-refractivity contribution in [2.24, 2.45) is 0 Å². The van der Waals surface area contributed by atoms with Gasteiger partial charge in [-0.25, -0.2) is 4.98 Å². The van der Waals surface area contributed by atoms with E-state index in [2.05, 4.69) is 15.8 Å². The van der Waals surface area contributed by atoms with E-state index in [0.29, 0.717) is 28.8 Å². The van der Waals surface area contributed by atoms with Crippen molar-refractivity contribution in [2.45, 2.75) is 19.8 Å². The van der Waals surface area contributed by atoms with E-state index in [1.54, 1.807) is 43.3 Å². The maximum atomic E-state index is 11.8. The molecule has 2 rings (SSSR count). The lowest BCUT2D eigenvalue weighted by Gasteiger charge is -2.09. The Bertz CT molecular complexity index is 769. The van der Waals surface area contributed by atoms with Gasteiger partial charge in [0.2, 0.25) is 5.91 Å². The van der Waals surface area contributed by atoms with Gasteiger partial charge in [0.15, 0.2) is 0 Å². The van der Waals surface area contributed by atoms with Crippen molar-refractivity contribution < 1.29 is 14.3 Å². The number of hydrazine groups is 1. The first-order chi connectivity index (χ1) is 12.0. The molecule has 0 saturated carbocycles. The molecule has 2 aromatic rings. The number of aryl methyl sites for hydroxylation is 1. The quantitative estimate of drug-likeness (QED) is 0.593. The van der Waals surface area contributed by atoms with Crippen LogP contribution in [0.1, 0.15) is 29.0 Å². The van der Waals surface area contributed by atoms with Crippen molar-refractivity contribution in [3.8, 4) is 5.75 Å². The van der Waals surface area contributed by atoms with Gasteiger partial charge in [0.1, 0.15) is 11.4 Å². The van der Waals surface area contributed by atoms with Crippen LogP contribution >= 0.6 is 23.2 Å². The summed E-state index contributed by atoms with van der Waals surface area (Å²) in [5, 5.41) is 0.936. The highest BCUT2D eigenvalue weighted by Crippen LogP contribution is 2.27. The topological polar surface area (TPSA) is 80.3 Å². The molecule has 2 N–H and O–H groups in total. The van der Waals surface area contributed by atoms with E-state index in [1.807, 2.05) is 0 Å². The maximum absolute atomic E-state index is 11.8. The molecule has 0 aliphatic carbocycles. The number of carbonyl (C=O) groups is 2. The molecule has 0 saturated heterocycles. The molecule has 8 heteroatoms. The summed E-state index contributed by atoms with van der Waals surface area (Å²) in [6.45, 7) is 2.09. The van der Waals surface area contributed by atoms with Crippen LogP contribution in [0.3, 0.4) is 0 Å². The maximum Gasteiger partial charge on any atom is 0.288 e. The average molecular weight is 382 g/mol. The molecule has 1 aromatic carbocycles. The fourth-order valence-corrected chi connectivity index (χ4v) is 2.39. The van der Waals surface area contributed by atoms with Crippen molar-refractivity contribution in [3.05, 3.63) is 57.8 Å². The van der Waals surface area contributed by atoms with Crippen LogP contribution in [-0.2, 0) is 4.79 Å². The molecule has 1 aromatic heterocycles. The highest BCUT2D eigenvalue weighted by Gasteiger charge is 2.09. The summed E-state index contributed by atoms with van der Waals surface area (Å²) in [5.41, 5.74) is 5.62. The number of rotatable bonds is 6. The van der Waals surface area contributed by atoms with Crippen LogP contribution in [-0.4, -0.2) is 23.4 Å². The summed E-state index contributed by atoms with van der Waals surface area (Å²) >= 11 is 11.8. The summed E-state index contributed by atoms with van der Waals surface area (Å²) in [4.78, 5) is 27.6. The first kappa shape index (κ1) is 19.0. The van der Waals surface area contributed by atoms with Gasteiger partial charge in [0, 0.05) is 17.1 Å². The Morgan fingerprint density at radius 3 is 2.68 bits per heavy atom. The van der Waals surface area contributed by atoms with E-state index in [-0.39, 0.29) is 18.0 Å². The zero-order valence-corrected chi connectivity index (χ0v) is 15.0. The minimum Gasteiger partial charge on any atom is -0.492 e. The van der Waals surface area contributed by atoms with Crippen LogP contribution in [0, 0.1) is 6.92 Å². The van der Waals surface area contributed by atoms with Crippen molar-refractivity contribution in [3.63, 3.8) is 0 Å². The lowest BCUT2D eigenvalue weighted by Crippen LogP contribution is -2.42. The fourth-order valence-electron chi connectivity index (χ4n) is 1.93. The Balaban J connectivity index is 1.68. The van der Waals surface area contributed by atoms with Gasteiger partial charge >= 0.3 is 0 Å². The Morgan fingerprint density at radius 2 is 1.96 bits per heavy atom. The normalized spacial score (nSPS) is 10.2. The second kappa shape index (κ2) is 9.25. The fraction of sp³-hybridized carbons (Fsp3) is 0.235. The minimum absolute atomic E-state index is 0.187. The number of nitrogens with zero attached hydrogens (tertiary/aromatic N) is 1. The largest absolute Gasteiger partial charge is 0.492 e. The molecule has 0 atom stereocenters. The van der Waals surface area contributed by atoms with Crippen LogP contribution in [0.25, 0.3) is 0 Å². The molecule has 0 bridgehead atoms. The summed E-state index contributed by atoms with van der Waals surface area (Å²) in [7, 11) is 0. The van der Waals surface area contributed by atoms with Crippen LogP contribution in [0.5, 0.6) is 5.75 Å². The van der Waals surface area contributed by atoms with Gasteiger partial charge < -0.3 is 4.74 Å². The standard InChI is InChI=1S/C17H17Cl2N3O3/c1-11-4-2-5-14(20-11)17(24)22-21-16(23)6-3-9-25-15-8-7-12(18)10-13(15)19/h2,4-5,7-8,10H,3,6,9H2,1H3,(H,21,23)(H,22,24). The molecule has 0 aliphatic rings. The Morgan fingerprint density at radius 1 is 1.16 bits per heavy atom. The van der Waals surface area contributed by atoms with Gasteiger partial charge in [-0.15, -0.1) is 0 Å². The Hall–Kier alpha value is -2.31. The number of ether oxygens (including phenoxy) is 1. The van der Waals surface area contributed by atoms with E-state index < -0.39 is 5.91 Å². The van der Waals surface area contributed by atoms with Gasteiger partial charge in [0.05, 0.1) is 11.6 Å². The van der Waals surface area contributed by atoms with Gasteiger partial charge in [-0.3, -0.25) is 20.4 Å². The number of nitrogens with one attached hydrogen (secondary N) is 2. The molecule has 6 nitrogen and oxygen atoms in total. The van der Waals surface area contributed by atoms with Gasteiger partial charge in [0.25, 0.3) is 5.91 Å². The summed E-state index contributed by atoms with van der Waals surface area (Å²) in [6, 6.07) is 9.99. The van der Waals surface area contributed by atoms with E-state index in [9.17, 15) is 9.59 Å². The first-order valence-corrected chi connectivity index (χ1v) is 8.32. The van der Waals surface area contributed by atoms with Crippen LogP contribution in [0.4, 0.5) is 0 Å². The molecule has 0 fully saturated rings. The van der Waals surface area contributed by atoms with E-state index in [0.717, 1.165) is 5.69 Å². The number of aromatic nitrogens is 1. The van der Waals surface area contributed by atoms with Crippen molar-refractivity contribution in [1.82, 2.24) is 15.8 Å². The van der Waals surface area contributed by atoms with Crippen molar-refractivity contribution in [1.29, 1.82) is 0 Å². The van der Waals surface area contributed by atoms with Crippen molar-refractivity contribution >= 4 is 35.0 Å². The molecule has 0 radical (unpaired) electrons. The zero-order valence-electron chi connectivity index (χ0n) is 13.5. The summed E-state index contributed by atoms with van der Waals surface area (Å²) in [5.74, 6) is -0.293. The smallest absolute Gasteiger partial charge is 0.288 e. The number of halogens is 2. The predicted molar refractivity (Wildman–Crippen MR) is 95.8 cm³/mol. The molecule has 0 aliphatic heterocycles. The zero-order chi connectivity index (χ0) is 18.2. The average Bonchev–Trinajstić information content (AvgIpc) is 2.58. The third-order valence-corrected chi connectivity index (χ3v) is 3.67. The number of hydrogen-bond acceptors (Lipinski definition) is 4. The number of carbonyl (C=O) groups excluding carboxylic acids is 2. The van der Waals surface area contributed by atoms with Gasteiger partial charge in [-0.05, 0) is 43.7 Å². The van der Waals surface area contributed by atoms with Gasteiger partial charge in [-0.1, -0.05) is 29.3 Å². The van der Waals surface area contributed by atoms with E-state index >= 15 is 0 Å². The van der Waals surface area contributed by atoms with Crippen molar-refractivity contribution in [2.75, 3.05) is 6.61 Å². The SMILES string of the molecule is Cc1cccc(C(=O)NNC(=O)CCCOc2ccc(Cl)cc2Cl)n1. The third kappa shape index (κ3) is 6.25. The molecule has 25 heavy (non-hydrogen) atoms. The van der Waals surface area contributed by atoms with Gasteiger partial charge in [-0.2, -0.15) is 0 Å². The highest BCUT2D eigenvalue weighted by molar-refractivity contribution is 6.35. The molecule has 132 valence electrons. The number of pyridine rings is 1. The molecular weight excluding hydrogens is 365 g/mol. The lowest BCUT2D eigenvalue weighted by atomic mass is 10.3. The molecule has 2 amide bonds. The van der Waals surface area contributed by atoms with E-state index in [4.69, 9.17) is 27.9 Å². The Labute approximate surface area is 155 Å². The third-order valence-electron chi connectivity index (χ3n) is 3.14. The molecular formula is C17H17Cl2N3O3. The van der Waals surface area contributed by atoms with Crippen LogP contribution in [0.2, 0.25) is 10.0 Å². The minimum atomic E-state index is -0.471. The second-order valence-electron chi connectivity index (χ2n) is 5.19. The molecule has 0 spiro atoms. The second-order valence-corrected chi connectivity index (χ2v) is 6.04. The van der Waals surface area contributed by atoms with Crippen LogP contribution in [0.15, 0.2) is 36.4 Å². The molecule has 1 heterocycles. The number of benzene rings is 1. The first-order valence-electron chi connectivity index (χ1n) is 7.56. The lowest BCUT2D eigenvalue weighted by molar-refractivity contribution is -0.122.